The normalized spacial score (nSPS) is 12.2. The van der Waals surface area contributed by atoms with Crippen LogP contribution in [0.15, 0.2) is 24.3 Å². The summed E-state index contributed by atoms with van der Waals surface area (Å²) < 4.78 is 39.8. The maximum Gasteiger partial charge on any atom is 0.573 e. The molecule has 1 aromatic rings. The highest BCUT2D eigenvalue weighted by molar-refractivity contribution is 5.81. The highest BCUT2D eigenvalue weighted by atomic mass is 19.4. The molecule has 3 nitrogen and oxygen atoms in total. The highest BCUT2D eigenvalue weighted by Gasteiger charge is 2.31. The summed E-state index contributed by atoms with van der Waals surface area (Å²) in [6.07, 6.45) is -4.69. The first-order valence-electron chi connectivity index (χ1n) is 6.09. The number of amides is 1. The van der Waals surface area contributed by atoms with Gasteiger partial charge in [-0.2, -0.15) is 0 Å². The van der Waals surface area contributed by atoms with E-state index in [0.717, 1.165) is 5.56 Å². The maximum atomic E-state index is 12.0. The van der Waals surface area contributed by atoms with Crippen LogP contribution in [0.3, 0.4) is 0 Å². The second kappa shape index (κ2) is 5.73. The minimum Gasteiger partial charge on any atom is -0.406 e. The highest BCUT2D eigenvalue weighted by Crippen LogP contribution is 2.23. The first-order valence-corrected chi connectivity index (χ1v) is 6.09. The largest absolute Gasteiger partial charge is 0.573 e. The van der Waals surface area contributed by atoms with Crippen LogP contribution in [-0.2, 0) is 11.3 Å². The zero-order valence-electron chi connectivity index (χ0n) is 11.9. The molecule has 20 heavy (non-hydrogen) atoms. The van der Waals surface area contributed by atoms with Gasteiger partial charge in [0.15, 0.2) is 0 Å². The van der Waals surface area contributed by atoms with Crippen LogP contribution < -0.4 is 4.74 Å². The van der Waals surface area contributed by atoms with Gasteiger partial charge in [0.05, 0.1) is 0 Å². The molecule has 0 aliphatic heterocycles. The van der Waals surface area contributed by atoms with E-state index in [0.29, 0.717) is 6.54 Å². The molecule has 0 aliphatic carbocycles. The maximum absolute atomic E-state index is 12.0. The number of halogens is 3. The van der Waals surface area contributed by atoms with Crippen LogP contribution in [0, 0.1) is 5.41 Å². The van der Waals surface area contributed by atoms with Gasteiger partial charge < -0.3 is 9.64 Å². The summed E-state index contributed by atoms with van der Waals surface area (Å²) in [6, 6.07) is 5.48. The Labute approximate surface area is 116 Å². The molecule has 0 aliphatic rings. The monoisotopic (exact) mass is 289 g/mol. The summed E-state index contributed by atoms with van der Waals surface area (Å²) in [6.45, 7) is 5.77. The van der Waals surface area contributed by atoms with Gasteiger partial charge in [-0.05, 0) is 17.7 Å². The van der Waals surface area contributed by atoms with E-state index in [1.54, 1.807) is 11.9 Å². The number of rotatable bonds is 3. The zero-order valence-corrected chi connectivity index (χ0v) is 11.9. The Hall–Kier alpha value is -1.72. The third-order valence-electron chi connectivity index (χ3n) is 2.56. The van der Waals surface area contributed by atoms with Crippen molar-refractivity contribution < 1.29 is 22.7 Å². The molecule has 0 saturated carbocycles. The Balaban J connectivity index is 2.69. The van der Waals surface area contributed by atoms with Gasteiger partial charge in [-0.25, -0.2) is 0 Å². The summed E-state index contributed by atoms with van der Waals surface area (Å²) in [5.74, 6) is -0.306. The Morgan fingerprint density at radius 1 is 1.15 bits per heavy atom. The second-order valence-corrected chi connectivity index (χ2v) is 5.60. The molecular weight excluding hydrogens is 271 g/mol. The number of benzene rings is 1. The van der Waals surface area contributed by atoms with Crippen LogP contribution in [0.1, 0.15) is 26.3 Å². The molecule has 0 radical (unpaired) electrons. The molecule has 0 bridgehead atoms. The second-order valence-electron chi connectivity index (χ2n) is 5.60. The fourth-order valence-corrected chi connectivity index (χ4v) is 1.71. The Morgan fingerprint density at radius 2 is 1.65 bits per heavy atom. The minimum atomic E-state index is -4.69. The first kappa shape index (κ1) is 16.3. The van der Waals surface area contributed by atoms with Gasteiger partial charge in [0.2, 0.25) is 5.91 Å². The van der Waals surface area contributed by atoms with E-state index in [1.807, 2.05) is 20.8 Å². The van der Waals surface area contributed by atoms with Gasteiger partial charge >= 0.3 is 6.36 Å². The number of hydrogen-bond acceptors (Lipinski definition) is 2. The van der Waals surface area contributed by atoms with E-state index in [2.05, 4.69) is 4.74 Å². The molecule has 0 unspecified atom stereocenters. The van der Waals surface area contributed by atoms with Crippen molar-refractivity contribution in [3.05, 3.63) is 29.8 Å². The number of hydrogen-bond donors (Lipinski definition) is 0. The van der Waals surface area contributed by atoms with Crippen LogP contribution in [-0.4, -0.2) is 24.2 Å². The fourth-order valence-electron chi connectivity index (χ4n) is 1.71. The van der Waals surface area contributed by atoms with Crippen molar-refractivity contribution in [2.24, 2.45) is 5.41 Å². The molecule has 112 valence electrons. The quantitative estimate of drug-likeness (QED) is 0.851. The third kappa shape index (κ3) is 5.11. The fraction of sp³-hybridized carbons (Fsp3) is 0.500. The van der Waals surface area contributed by atoms with Crippen molar-refractivity contribution in [1.29, 1.82) is 0 Å². The summed E-state index contributed by atoms with van der Waals surface area (Å²) >= 11 is 0. The van der Waals surface area contributed by atoms with Crippen molar-refractivity contribution >= 4 is 5.91 Å². The summed E-state index contributed by atoms with van der Waals surface area (Å²) in [7, 11) is 1.66. The van der Waals surface area contributed by atoms with Gasteiger partial charge in [-0.1, -0.05) is 32.9 Å². The van der Waals surface area contributed by atoms with Gasteiger partial charge in [0, 0.05) is 19.0 Å². The molecule has 0 saturated heterocycles. The predicted molar refractivity (Wildman–Crippen MR) is 69.1 cm³/mol. The summed E-state index contributed by atoms with van der Waals surface area (Å²) in [4.78, 5) is 13.5. The van der Waals surface area contributed by atoms with E-state index >= 15 is 0 Å². The number of ether oxygens (including phenoxy) is 1. The van der Waals surface area contributed by atoms with E-state index in [-0.39, 0.29) is 11.7 Å². The summed E-state index contributed by atoms with van der Waals surface area (Å²) in [5.41, 5.74) is 0.244. The number of carbonyl (C=O) groups excluding carboxylic acids is 1. The van der Waals surface area contributed by atoms with Gasteiger partial charge in [0.25, 0.3) is 0 Å². The molecule has 0 atom stereocenters. The molecule has 0 fully saturated rings. The van der Waals surface area contributed by atoms with Gasteiger partial charge in [0.1, 0.15) is 5.75 Å². The van der Waals surface area contributed by atoms with Crippen LogP contribution in [0.4, 0.5) is 13.2 Å². The molecule has 0 N–H and O–H groups in total. The van der Waals surface area contributed by atoms with Crippen LogP contribution >= 0.6 is 0 Å². The van der Waals surface area contributed by atoms with Crippen molar-refractivity contribution in [2.45, 2.75) is 33.7 Å². The van der Waals surface area contributed by atoms with Gasteiger partial charge in [-0.15, -0.1) is 13.2 Å². The Morgan fingerprint density at radius 3 is 2.05 bits per heavy atom. The molecule has 6 heteroatoms. The average molecular weight is 289 g/mol. The van der Waals surface area contributed by atoms with Crippen molar-refractivity contribution in [2.75, 3.05) is 7.05 Å². The molecule has 1 amide bonds. The lowest BCUT2D eigenvalue weighted by Gasteiger charge is -2.26. The summed E-state index contributed by atoms with van der Waals surface area (Å²) in [5, 5.41) is 0. The lowest BCUT2D eigenvalue weighted by atomic mass is 9.95. The predicted octanol–water partition coefficient (Wildman–Crippen LogP) is 3.59. The number of carbonyl (C=O) groups is 1. The molecule has 0 aromatic heterocycles. The standard InChI is InChI=1S/C14H18F3NO2/c1-13(2,3)12(19)18(4)9-10-5-7-11(8-6-10)20-14(15,16)17/h5-8H,9H2,1-4H3. The Kier molecular flexibility index (Phi) is 4.68. The molecule has 0 heterocycles. The lowest BCUT2D eigenvalue weighted by molar-refractivity contribution is -0.274. The van der Waals surface area contributed by atoms with Crippen LogP contribution in [0.5, 0.6) is 5.75 Å². The van der Waals surface area contributed by atoms with E-state index in [1.165, 1.54) is 24.3 Å². The third-order valence-corrected chi connectivity index (χ3v) is 2.56. The van der Waals surface area contributed by atoms with Gasteiger partial charge in [-0.3, -0.25) is 4.79 Å². The Bertz CT molecular complexity index is 461. The van der Waals surface area contributed by atoms with E-state index < -0.39 is 11.8 Å². The van der Waals surface area contributed by atoms with E-state index in [4.69, 9.17) is 0 Å². The van der Waals surface area contributed by atoms with Crippen molar-refractivity contribution in [1.82, 2.24) is 4.90 Å². The molecular formula is C14H18F3NO2. The first-order chi connectivity index (χ1) is 8.99. The molecule has 1 aromatic carbocycles. The van der Waals surface area contributed by atoms with E-state index in [9.17, 15) is 18.0 Å². The number of nitrogens with zero attached hydrogens (tertiary/aromatic N) is 1. The topological polar surface area (TPSA) is 29.5 Å². The zero-order chi connectivity index (χ0) is 15.6. The van der Waals surface area contributed by atoms with Crippen LogP contribution in [0.2, 0.25) is 0 Å². The van der Waals surface area contributed by atoms with Crippen molar-refractivity contribution in [3.63, 3.8) is 0 Å². The minimum absolute atomic E-state index is 0.0341. The lowest BCUT2D eigenvalue weighted by Crippen LogP contribution is -2.36. The number of alkyl halides is 3. The average Bonchev–Trinajstić information content (AvgIpc) is 2.27. The SMILES string of the molecule is CN(Cc1ccc(OC(F)(F)F)cc1)C(=O)C(C)(C)C. The van der Waals surface area contributed by atoms with Crippen LogP contribution in [0.25, 0.3) is 0 Å². The smallest absolute Gasteiger partial charge is 0.406 e. The van der Waals surface area contributed by atoms with Crippen molar-refractivity contribution in [3.8, 4) is 5.75 Å². The molecule has 1 rings (SSSR count). The molecule has 0 spiro atoms.